The van der Waals surface area contributed by atoms with Gasteiger partial charge in [0.05, 0.1) is 6.61 Å². The molecule has 0 rings (SSSR count). The first-order chi connectivity index (χ1) is 9.16. The molecule has 0 heterocycles. The predicted molar refractivity (Wildman–Crippen MR) is 85.4 cm³/mol. The molecule has 0 saturated heterocycles. The molecule has 0 spiro atoms. The van der Waals surface area contributed by atoms with Crippen molar-refractivity contribution in [2.45, 2.75) is 65.2 Å². The van der Waals surface area contributed by atoms with Crippen molar-refractivity contribution >= 4 is 35.7 Å². The Morgan fingerprint density at radius 1 is 1.05 bits per heavy atom. The molecule has 0 aliphatic rings. The number of unbranched alkanes of at least 4 members (excludes halogenated alkanes) is 6. The van der Waals surface area contributed by atoms with E-state index < -0.39 is 6.09 Å². The fourth-order valence-electron chi connectivity index (χ4n) is 1.94. The Hall–Kier alpha value is 0.230. The summed E-state index contributed by atoms with van der Waals surface area (Å²) in [6, 6.07) is 0. The van der Waals surface area contributed by atoms with Gasteiger partial charge in [-0.2, -0.15) is 0 Å². The van der Waals surface area contributed by atoms with Crippen molar-refractivity contribution in [3.63, 3.8) is 0 Å². The standard InChI is InChI=1S/C15H31NO3.Na.H/c1-14(2)10-8-6-4-3-5-7-9-11-16-15(18)19-13-12-17;;/h14,17H,3-13H2,1-2H3,(H,16,18);;. The van der Waals surface area contributed by atoms with Crippen molar-refractivity contribution in [1.82, 2.24) is 5.32 Å². The number of amides is 1. The number of rotatable bonds is 12. The van der Waals surface area contributed by atoms with Gasteiger partial charge in [-0.15, -0.1) is 0 Å². The molecule has 0 unspecified atom stereocenters. The quantitative estimate of drug-likeness (QED) is 0.430. The molecule has 5 heteroatoms. The van der Waals surface area contributed by atoms with Crippen LogP contribution in [-0.2, 0) is 4.74 Å². The second-order valence-electron chi connectivity index (χ2n) is 5.44. The van der Waals surface area contributed by atoms with Gasteiger partial charge in [0.25, 0.3) is 0 Å². The molecule has 0 fully saturated rings. The number of aliphatic hydroxyl groups is 1. The third kappa shape index (κ3) is 18.2. The number of carbonyl (C=O) groups excluding carboxylic acids is 1. The van der Waals surface area contributed by atoms with E-state index in [1.807, 2.05) is 0 Å². The van der Waals surface area contributed by atoms with Crippen LogP contribution in [0.5, 0.6) is 0 Å². The number of aliphatic hydroxyl groups excluding tert-OH is 1. The molecule has 0 aliphatic heterocycles. The normalized spacial score (nSPS) is 10.2. The fraction of sp³-hybridized carbons (Fsp3) is 0.933. The van der Waals surface area contributed by atoms with Gasteiger partial charge in [0.1, 0.15) is 6.61 Å². The summed E-state index contributed by atoms with van der Waals surface area (Å²) in [7, 11) is 0. The monoisotopic (exact) mass is 297 g/mol. The van der Waals surface area contributed by atoms with Crippen molar-refractivity contribution in [2.75, 3.05) is 19.8 Å². The Morgan fingerprint density at radius 2 is 1.60 bits per heavy atom. The summed E-state index contributed by atoms with van der Waals surface area (Å²) in [5.74, 6) is 0.830. The Labute approximate surface area is 146 Å². The zero-order valence-electron chi connectivity index (χ0n) is 12.6. The van der Waals surface area contributed by atoms with E-state index in [2.05, 4.69) is 23.9 Å². The molecular weight excluding hydrogens is 265 g/mol. The van der Waals surface area contributed by atoms with E-state index in [0.29, 0.717) is 6.54 Å². The van der Waals surface area contributed by atoms with Crippen LogP contribution in [0, 0.1) is 5.92 Å². The van der Waals surface area contributed by atoms with E-state index in [0.717, 1.165) is 18.8 Å². The van der Waals surface area contributed by atoms with Crippen LogP contribution in [0.25, 0.3) is 0 Å². The van der Waals surface area contributed by atoms with Gasteiger partial charge in [-0.1, -0.05) is 58.8 Å². The average molecular weight is 297 g/mol. The first-order valence-electron chi connectivity index (χ1n) is 7.68. The summed E-state index contributed by atoms with van der Waals surface area (Å²) in [5.41, 5.74) is 0. The maximum absolute atomic E-state index is 11.0. The summed E-state index contributed by atoms with van der Waals surface area (Å²) in [6.07, 6.45) is 9.66. The minimum absolute atomic E-state index is 0. The second-order valence-corrected chi connectivity index (χ2v) is 5.44. The summed E-state index contributed by atoms with van der Waals surface area (Å²) in [4.78, 5) is 11.0. The maximum atomic E-state index is 11.0. The van der Waals surface area contributed by atoms with Crippen molar-refractivity contribution in [2.24, 2.45) is 5.92 Å². The van der Waals surface area contributed by atoms with E-state index in [1.54, 1.807) is 0 Å². The van der Waals surface area contributed by atoms with Crippen LogP contribution in [0.15, 0.2) is 0 Å². The molecule has 1 amide bonds. The van der Waals surface area contributed by atoms with Gasteiger partial charge in [0, 0.05) is 6.54 Å². The van der Waals surface area contributed by atoms with Crippen LogP contribution in [0.1, 0.15) is 65.2 Å². The molecule has 0 aromatic heterocycles. The first-order valence-corrected chi connectivity index (χ1v) is 7.68. The number of hydrogen-bond donors (Lipinski definition) is 2. The van der Waals surface area contributed by atoms with Crippen molar-refractivity contribution < 1.29 is 14.6 Å². The number of carbonyl (C=O) groups is 1. The number of nitrogens with one attached hydrogen (secondary N) is 1. The molecule has 0 saturated carbocycles. The topological polar surface area (TPSA) is 58.6 Å². The van der Waals surface area contributed by atoms with E-state index in [4.69, 9.17) is 5.11 Å². The molecule has 2 N–H and O–H groups in total. The van der Waals surface area contributed by atoms with Gasteiger partial charge >= 0.3 is 35.7 Å². The van der Waals surface area contributed by atoms with Crippen LogP contribution in [0.4, 0.5) is 4.79 Å². The number of ether oxygens (including phenoxy) is 1. The van der Waals surface area contributed by atoms with E-state index in [9.17, 15) is 4.79 Å². The third-order valence-electron chi connectivity index (χ3n) is 3.05. The molecule has 4 nitrogen and oxygen atoms in total. The molecule has 0 atom stereocenters. The van der Waals surface area contributed by atoms with Crippen molar-refractivity contribution in [3.05, 3.63) is 0 Å². The first kappa shape index (κ1) is 22.5. The van der Waals surface area contributed by atoms with E-state index >= 15 is 0 Å². The zero-order valence-corrected chi connectivity index (χ0v) is 12.6. The predicted octanol–water partition coefficient (Wildman–Crippen LogP) is 2.83. The van der Waals surface area contributed by atoms with Crippen LogP contribution >= 0.6 is 0 Å². The summed E-state index contributed by atoms with van der Waals surface area (Å²) in [5, 5.41) is 11.1. The average Bonchev–Trinajstić information content (AvgIpc) is 2.38. The number of hydrogen-bond acceptors (Lipinski definition) is 3. The molecular formula is C15H32NNaO3. The van der Waals surface area contributed by atoms with Crippen LogP contribution in [0.2, 0.25) is 0 Å². The van der Waals surface area contributed by atoms with Crippen LogP contribution in [0.3, 0.4) is 0 Å². The Bertz CT molecular complexity index is 213. The van der Waals surface area contributed by atoms with E-state index in [-0.39, 0.29) is 42.8 Å². The zero-order chi connectivity index (χ0) is 14.3. The van der Waals surface area contributed by atoms with Gasteiger partial charge in [0.15, 0.2) is 0 Å². The molecule has 0 aromatic carbocycles. The Balaban J connectivity index is 0. The van der Waals surface area contributed by atoms with Gasteiger partial charge < -0.3 is 15.2 Å². The van der Waals surface area contributed by atoms with Gasteiger partial charge in [-0.05, 0) is 12.3 Å². The summed E-state index contributed by atoms with van der Waals surface area (Å²) < 4.78 is 4.68. The molecule has 0 aromatic rings. The minimum atomic E-state index is -0.428. The Kier molecular flexibility index (Phi) is 19.5. The molecule has 0 aliphatic carbocycles. The van der Waals surface area contributed by atoms with Crippen molar-refractivity contribution in [3.8, 4) is 0 Å². The third-order valence-corrected chi connectivity index (χ3v) is 3.05. The molecule has 0 bridgehead atoms. The van der Waals surface area contributed by atoms with Crippen molar-refractivity contribution in [1.29, 1.82) is 0 Å². The van der Waals surface area contributed by atoms with Gasteiger partial charge in [0.2, 0.25) is 0 Å². The van der Waals surface area contributed by atoms with Crippen LogP contribution < -0.4 is 5.32 Å². The van der Waals surface area contributed by atoms with Gasteiger partial charge in [-0.3, -0.25) is 0 Å². The summed E-state index contributed by atoms with van der Waals surface area (Å²) in [6.45, 7) is 5.17. The van der Waals surface area contributed by atoms with Gasteiger partial charge in [-0.25, -0.2) is 4.79 Å². The number of alkyl carbamates (subject to hydrolysis) is 1. The van der Waals surface area contributed by atoms with Crippen LogP contribution in [-0.4, -0.2) is 60.5 Å². The summed E-state index contributed by atoms with van der Waals surface area (Å²) >= 11 is 0. The Morgan fingerprint density at radius 3 is 2.15 bits per heavy atom. The SMILES string of the molecule is CC(C)CCCCCCCCCNC(=O)OCCO.[NaH]. The molecule has 20 heavy (non-hydrogen) atoms. The molecule has 116 valence electrons. The molecule has 0 radical (unpaired) electrons. The second kappa shape index (κ2) is 17.3. The van der Waals surface area contributed by atoms with E-state index in [1.165, 1.54) is 38.5 Å². The fourth-order valence-corrected chi connectivity index (χ4v) is 1.94.